The number of para-hydroxylation sites is 1. The van der Waals surface area contributed by atoms with Crippen molar-refractivity contribution in [1.29, 1.82) is 0 Å². The molecule has 17 heavy (non-hydrogen) atoms. The van der Waals surface area contributed by atoms with Gasteiger partial charge in [0.25, 0.3) is 0 Å². The average Bonchev–Trinajstić information content (AvgIpc) is 2.35. The predicted octanol–water partition coefficient (Wildman–Crippen LogP) is 2.30. The van der Waals surface area contributed by atoms with Gasteiger partial charge < -0.3 is 10.1 Å². The summed E-state index contributed by atoms with van der Waals surface area (Å²) in [4.78, 5) is 8.32. The zero-order valence-corrected chi connectivity index (χ0v) is 9.97. The Kier molecular flexibility index (Phi) is 3.67. The second-order valence-electron chi connectivity index (χ2n) is 3.77. The second kappa shape index (κ2) is 5.41. The Labute approximate surface area is 101 Å². The van der Waals surface area contributed by atoms with Crippen molar-refractivity contribution < 1.29 is 4.74 Å². The fourth-order valence-corrected chi connectivity index (χ4v) is 1.46. The molecule has 0 saturated carbocycles. The lowest BCUT2D eigenvalue weighted by Gasteiger charge is -2.06. The molecular formula is C13H15N3O. The van der Waals surface area contributed by atoms with Crippen LogP contribution in [0, 0.1) is 6.92 Å². The smallest absolute Gasteiger partial charge is 0.321 e. The topological polar surface area (TPSA) is 47.0 Å². The van der Waals surface area contributed by atoms with E-state index >= 15 is 0 Å². The Morgan fingerprint density at radius 3 is 2.53 bits per heavy atom. The molecule has 0 atom stereocenters. The number of ether oxygens (including phenoxy) is 1. The Morgan fingerprint density at radius 1 is 1.18 bits per heavy atom. The monoisotopic (exact) mass is 229 g/mol. The Morgan fingerprint density at radius 2 is 1.88 bits per heavy atom. The first-order valence-corrected chi connectivity index (χ1v) is 5.48. The lowest BCUT2D eigenvalue weighted by Crippen LogP contribution is -2.06. The molecule has 1 N–H and O–H groups in total. The van der Waals surface area contributed by atoms with Crippen molar-refractivity contribution in [1.82, 2.24) is 15.3 Å². The van der Waals surface area contributed by atoms with Gasteiger partial charge in [0.1, 0.15) is 5.75 Å². The molecule has 0 saturated heterocycles. The van der Waals surface area contributed by atoms with Gasteiger partial charge in [0.2, 0.25) is 0 Å². The van der Waals surface area contributed by atoms with Gasteiger partial charge in [-0.05, 0) is 25.6 Å². The molecular weight excluding hydrogens is 214 g/mol. The van der Waals surface area contributed by atoms with Gasteiger partial charge in [-0.15, -0.1) is 0 Å². The molecule has 1 aromatic carbocycles. The van der Waals surface area contributed by atoms with Gasteiger partial charge in [-0.1, -0.05) is 18.2 Å². The zero-order chi connectivity index (χ0) is 12.1. The fraction of sp³-hybridized carbons (Fsp3) is 0.231. The highest BCUT2D eigenvalue weighted by Crippen LogP contribution is 2.21. The summed E-state index contributed by atoms with van der Waals surface area (Å²) in [6, 6.07) is 8.17. The van der Waals surface area contributed by atoms with Crippen molar-refractivity contribution >= 4 is 0 Å². The van der Waals surface area contributed by atoms with Crippen LogP contribution < -0.4 is 10.1 Å². The summed E-state index contributed by atoms with van der Waals surface area (Å²) in [5.41, 5.74) is 2.10. The molecule has 0 spiro atoms. The van der Waals surface area contributed by atoms with Gasteiger partial charge in [-0.3, -0.25) is 0 Å². The van der Waals surface area contributed by atoms with Crippen LogP contribution in [0.25, 0.3) is 0 Å². The molecule has 88 valence electrons. The Hall–Kier alpha value is -1.94. The number of aryl methyl sites for hydroxylation is 1. The molecule has 0 aliphatic carbocycles. The van der Waals surface area contributed by atoms with E-state index in [2.05, 4.69) is 15.3 Å². The standard InChI is InChI=1S/C13H15N3O/c1-10-5-3-4-6-12(10)17-13-15-8-11(7-14-2)9-16-13/h3-6,8-9,14H,7H2,1-2H3. The van der Waals surface area contributed by atoms with E-state index in [-0.39, 0.29) is 0 Å². The average molecular weight is 229 g/mol. The lowest BCUT2D eigenvalue weighted by molar-refractivity contribution is 0.437. The van der Waals surface area contributed by atoms with Crippen molar-refractivity contribution in [2.45, 2.75) is 13.5 Å². The van der Waals surface area contributed by atoms with Crippen molar-refractivity contribution in [2.75, 3.05) is 7.05 Å². The van der Waals surface area contributed by atoms with Crippen LogP contribution in [0.2, 0.25) is 0 Å². The summed E-state index contributed by atoms with van der Waals surface area (Å²) >= 11 is 0. The molecule has 0 fully saturated rings. The van der Waals surface area contributed by atoms with Crippen LogP contribution in [0.15, 0.2) is 36.7 Å². The number of nitrogens with one attached hydrogen (secondary N) is 1. The summed E-state index contributed by atoms with van der Waals surface area (Å²) < 4.78 is 5.60. The van der Waals surface area contributed by atoms with Crippen LogP contribution in [0.1, 0.15) is 11.1 Å². The molecule has 0 amide bonds. The number of benzene rings is 1. The Bertz CT molecular complexity index is 482. The largest absolute Gasteiger partial charge is 0.424 e. The van der Waals surface area contributed by atoms with Crippen LogP contribution in [0.5, 0.6) is 11.8 Å². The highest BCUT2D eigenvalue weighted by molar-refractivity contribution is 5.33. The molecule has 0 aliphatic rings. The minimum atomic E-state index is 0.374. The van der Waals surface area contributed by atoms with Gasteiger partial charge in [-0.2, -0.15) is 0 Å². The van der Waals surface area contributed by atoms with Gasteiger partial charge in [-0.25, -0.2) is 9.97 Å². The van der Waals surface area contributed by atoms with E-state index in [1.165, 1.54) is 0 Å². The van der Waals surface area contributed by atoms with E-state index in [1.807, 2.05) is 38.2 Å². The van der Waals surface area contributed by atoms with Crippen molar-refractivity contribution in [3.05, 3.63) is 47.8 Å². The number of hydrogen-bond acceptors (Lipinski definition) is 4. The summed E-state index contributed by atoms with van der Waals surface area (Å²) in [5, 5.41) is 3.04. The molecule has 0 bridgehead atoms. The Balaban J connectivity index is 2.11. The molecule has 0 radical (unpaired) electrons. The first-order chi connectivity index (χ1) is 8.29. The molecule has 4 nitrogen and oxygen atoms in total. The van der Waals surface area contributed by atoms with E-state index in [0.29, 0.717) is 6.01 Å². The number of hydrogen-bond donors (Lipinski definition) is 1. The summed E-state index contributed by atoms with van der Waals surface area (Å²) in [5.74, 6) is 0.786. The van der Waals surface area contributed by atoms with E-state index in [9.17, 15) is 0 Å². The fourth-order valence-electron chi connectivity index (χ4n) is 1.46. The minimum absolute atomic E-state index is 0.374. The van der Waals surface area contributed by atoms with Crippen LogP contribution in [-0.4, -0.2) is 17.0 Å². The van der Waals surface area contributed by atoms with Gasteiger partial charge in [0.15, 0.2) is 0 Å². The first kappa shape index (κ1) is 11.5. The van der Waals surface area contributed by atoms with Gasteiger partial charge in [0, 0.05) is 24.5 Å². The maximum atomic E-state index is 5.60. The first-order valence-electron chi connectivity index (χ1n) is 5.48. The molecule has 1 aromatic heterocycles. The molecule has 2 aromatic rings. The third-order valence-electron chi connectivity index (χ3n) is 2.36. The van der Waals surface area contributed by atoms with Crippen LogP contribution >= 0.6 is 0 Å². The number of aromatic nitrogens is 2. The van der Waals surface area contributed by atoms with E-state index in [0.717, 1.165) is 23.4 Å². The van der Waals surface area contributed by atoms with Crippen LogP contribution in [-0.2, 0) is 6.54 Å². The number of nitrogens with zero attached hydrogens (tertiary/aromatic N) is 2. The summed E-state index contributed by atoms with van der Waals surface area (Å²) in [6.45, 7) is 2.75. The molecule has 0 aliphatic heterocycles. The normalized spacial score (nSPS) is 10.2. The van der Waals surface area contributed by atoms with Crippen molar-refractivity contribution in [3.63, 3.8) is 0 Å². The summed E-state index contributed by atoms with van der Waals surface area (Å²) in [7, 11) is 1.89. The van der Waals surface area contributed by atoms with Gasteiger partial charge >= 0.3 is 6.01 Å². The van der Waals surface area contributed by atoms with E-state index in [1.54, 1.807) is 12.4 Å². The highest BCUT2D eigenvalue weighted by atomic mass is 16.5. The van der Waals surface area contributed by atoms with Gasteiger partial charge in [0.05, 0.1) is 0 Å². The lowest BCUT2D eigenvalue weighted by atomic mass is 10.2. The van der Waals surface area contributed by atoms with E-state index < -0.39 is 0 Å². The summed E-state index contributed by atoms with van der Waals surface area (Å²) in [6.07, 6.45) is 3.52. The molecule has 4 heteroatoms. The van der Waals surface area contributed by atoms with Crippen LogP contribution in [0.3, 0.4) is 0 Å². The van der Waals surface area contributed by atoms with E-state index in [4.69, 9.17) is 4.74 Å². The third kappa shape index (κ3) is 3.01. The molecule has 2 rings (SSSR count). The van der Waals surface area contributed by atoms with Crippen molar-refractivity contribution in [3.8, 4) is 11.8 Å². The maximum Gasteiger partial charge on any atom is 0.321 e. The third-order valence-corrected chi connectivity index (χ3v) is 2.36. The predicted molar refractivity (Wildman–Crippen MR) is 66.0 cm³/mol. The second-order valence-corrected chi connectivity index (χ2v) is 3.77. The minimum Gasteiger partial charge on any atom is -0.424 e. The number of rotatable bonds is 4. The quantitative estimate of drug-likeness (QED) is 0.873. The van der Waals surface area contributed by atoms with Crippen LogP contribution in [0.4, 0.5) is 0 Å². The molecule has 1 heterocycles. The highest BCUT2D eigenvalue weighted by Gasteiger charge is 2.02. The zero-order valence-electron chi connectivity index (χ0n) is 9.97. The molecule has 0 unspecified atom stereocenters. The van der Waals surface area contributed by atoms with Crippen molar-refractivity contribution in [2.24, 2.45) is 0 Å². The SMILES string of the molecule is CNCc1cnc(Oc2ccccc2C)nc1. The maximum absolute atomic E-state index is 5.60.